The molecule has 0 fully saturated rings. The molecule has 0 saturated carbocycles. The molecule has 4 aromatic heterocycles. The fourth-order valence-corrected chi connectivity index (χ4v) is 3.11. The molecule has 0 aliphatic rings. The number of hydrogen-bond donors (Lipinski definition) is 0. The van der Waals surface area contributed by atoms with Crippen molar-refractivity contribution in [1.82, 2.24) is 24.9 Å². The largest absolute Gasteiger partial charge is 0.460 e. The Balaban J connectivity index is 1.39. The predicted octanol–water partition coefficient (Wildman–Crippen LogP) is 4.24. The molecule has 5 aromatic rings. The van der Waals surface area contributed by atoms with E-state index < -0.39 is 5.97 Å². The Labute approximate surface area is 182 Å². The fraction of sp³-hybridized carbons (Fsp3) is 0.0870. The number of pyridine rings is 1. The zero-order valence-electron chi connectivity index (χ0n) is 17.0. The number of rotatable bonds is 6. The highest BCUT2D eigenvalue weighted by Crippen LogP contribution is 2.26. The molecule has 0 radical (unpaired) electrons. The number of para-hydroxylation sites is 1. The van der Waals surface area contributed by atoms with E-state index in [1.165, 1.54) is 0 Å². The molecule has 32 heavy (non-hydrogen) atoms. The summed E-state index contributed by atoms with van der Waals surface area (Å²) in [6, 6.07) is 16.6. The maximum atomic E-state index is 12.9. The summed E-state index contributed by atoms with van der Waals surface area (Å²) in [6.07, 6.45) is 4.88. The van der Waals surface area contributed by atoms with Crippen molar-refractivity contribution in [3.05, 3.63) is 90.4 Å². The van der Waals surface area contributed by atoms with Crippen molar-refractivity contribution in [2.24, 2.45) is 0 Å². The molecule has 0 aliphatic heterocycles. The van der Waals surface area contributed by atoms with E-state index in [2.05, 4.69) is 20.2 Å². The SMILES string of the molecule is Cc1ccc(-c2nn(-c3ccccc3)cc2C(=O)OCc2nc(-c3cccnc3)no2)o1. The summed E-state index contributed by atoms with van der Waals surface area (Å²) < 4.78 is 17.9. The minimum atomic E-state index is -0.586. The highest BCUT2D eigenvalue weighted by Gasteiger charge is 2.23. The van der Waals surface area contributed by atoms with Gasteiger partial charge >= 0.3 is 5.97 Å². The number of ether oxygens (including phenoxy) is 1. The average molecular weight is 427 g/mol. The number of nitrogens with zero attached hydrogens (tertiary/aromatic N) is 5. The summed E-state index contributed by atoms with van der Waals surface area (Å²) in [7, 11) is 0. The standard InChI is InChI=1S/C23H17N5O4/c1-15-9-10-19(31-15)21-18(13-28(26-21)17-7-3-2-4-8-17)23(29)30-14-20-25-22(27-32-20)16-6-5-11-24-12-16/h2-13H,14H2,1H3. The van der Waals surface area contributed by atoms with Gasteiger partial charge in [0.15, 0.2) is 12.4 Å². The zero-order chi connectivity index (χ0) is 21.9. The first-order valence-electron chi connectivity index (χ1n) is 9.79. The second kappa shape index (κ2) is 8.31. The summed E-state index contributed by atoms with van der Waals surface area (Å²) in [5.41, 5.74) is 2.14. The third-order valence-corrected chi connectivity index (χ3v) is 4.64. The third-order valence-electron chi connectivity index (χ3n) is 4.64. The molecule has 1 aromatic carbocycles. The van der Waals surface area contributed by atoms with Gasteiger partial charge in [0, 0.05) is 24.2 Å². The van der Waals surface area contributed by atoms with E-state index in [1.807, 2.05) is 49.4 Å². The van der Waals surface area contributed by atoms with E-state index in [9.17, 15) is 4.79 Å². The van der Waals surface area contributed by atoms with Crippen molar-refractivity contribution in [2.75, 3.05) is 0 Å². The van der Waals surface area contributed by atoms with Crippen LogP contribution in [0.3, 0.4) is 0 Å². The number of carbonyl (C=O) groups excluding carboxylic acids is 1. The first kappa shape index (κ1) is 19.4. The summed E-state index contributed by atoms with van der Waals surface area (Å²) >= 11 is 0. The van der Waals surface area contributed by atoms with Gasteiger partial charge in [0.25, 0.3) is 5.89 Å². The van der Waals surface area contributed by atoms with Crippen molar-refractivity contribution in [2.45, 2.75) is 13.5 Å². The molecule has 4 heterocycles. The van der Waals surface area contributed by atoms with Crippen LogP contribution in [0.4, 0.5) is 0 Å². The van der Waals surface area contributed by atoms with Crippen LogP contribution in [0.5, 0.6) is 0 Å². The lowest BCUT2D eigenvalue weighted by Gasteiger charge is -2.01. The van der Waals surface area contributed by atoms with Crippen LogP contribution in [0.1, 0.15) is 22.0 Å². The number of aromatic nitrogens is 5. The van der Waals surface area contributed by atoms with E-state index in [-0.39, 0.29) is 18.1 Å². The fourth-order valence-electron chi connectivity index (χ4n) is 3.11. The van der Waals surface area contributed by atoms with Gasteiger partial charge in [-0.05, 0) is 43.3 Å². The third kappa shape index (κ3) is 3.91. The highest BCUT2D eigenvalue weighted by atomic mass is 16.6. The number of hydrogen-bond acceptors (Lipinski definition) is 8. The van der Waals surface area contributed by atoms with E-state index in [0.717, 1.165) is 5.69 Å². The molecule has 0 N–H and O–H groups in total. The molecule has 0 spiro atoms. The molecular formula is C23H17N5O4. The molecule has 158 valence electrons. The summed E-state index contributed by atoms with van der Waals surface area (Å²) in [5.74, 6) is 1.14. The molecule has 0 saturated heterocycles. The summed E-state index contributed by atoms with van der Waals surface area (Å²) in [5, 5.41) is 8.45. The van der Waals surface area contributed by atoms with Gasteiger partial charge in [-0.25, -0.2) is 9.48 Å². The number of aryl methyl sites for hydroxylation is 1. The average Bonchev–Trinajstić information content (AvgIpc) is 3.58. The summed E-state index contributed by atoms with van der Waals surface area (Å²) in [6.45, 7) is 1.64. The van der Waals surface area contributed by atoms with Gasteiger partial charge < -0.3 is 13.7 Å². The molecule has 0 bridgehead atoms. The smallest absolute Gasteiger partial charge is 0.342 e. The Kier molecular flexibility index (Phi) is 5.04. The van der Waals surface area contributed by atoms with Crippen molar-refractivity contribution in [3.8, 4) is 28.5 Å². The topological polar surface area (TPSA) is 109 Å². The maximum absolute atomic E-state index is 12.9. The molecule has 0 aliphatic carbocycles. The highest BCUT2D eigenvalue weighted by molar-refractivity contribution is 5.95. The van der Waals surface area contributed by atoms with Gasteiger partial charge in [0.1, 0.15) is 17.0 Å². The predicted molar refractivity (Wildman–Crippen MR) is 113 cm³/mol. The minimum absolute atomic E-state index is 0.169. The molecule has 9 heteroatoms. The van der Waals surface area contributed by atoms with Crippen molar-refractivity contribution in [3.63, 3.8) is 0 Å². The Hall–Kier alpha value is -4.53. The lowest BCUT2D eigenvalue weighted by molar-refractivity contribution is 0.0430. The molecule has 0 unspecified atom stereocenters. The van der Waals surface area contributed by atoms with Crippen molar-refractivity contribution < 1.29 is 18.5 Å². The van der Waals surface area contributed by atoms with Gasteiger partial charge in [-0.2, -0.15) is 10.1 Å². The van der Waals surface area contributed by atoms with E-state index >= 15 is 0 Å². The summed E-state index contributed by atoms with van der Waals surface area (Å²) in [4.78, 5) is 21.2. The first-order chi connectivity index (χ1) is 15.7. The molecule has 5 rings (SSSR count). The van der Waals surface area contributed by atoms with Gasteiger partial charge in [0.05, 0.1) is 5.69 Å². The molecule has 9 nitrogen and oxygen atoms in total. The number of carbonyl (C=O) groups is 1. The Bertz CT molecular complexity index is 1360. The van der Waals surface area contributed by atoms with Crippen molar-refractivity contribution >= 4 is 5.97 Å². The Morgan fingerprint density at radius 1 is 1.09 bits per heavy atom. The van der Waals surface area contributed by atoms with Gasteiger partial charge in [-0.1, -0.05) is 23.4 Å². The Morgan fingerprint density at radius 3 is 2.72 bits per heavy atom. The zero-order valence-corrected chi connectivity index (χ0v) is 17.0. The lowest BCUT2D eigenvalue weighted by Crippen LogP contribution is -2.06. The van der Waals surface area contributed by atoms with Crippen LogP contribution in [-0.2, 0) is 11.3 Å². The second-order valence-electron chi connectivity index (χ2n) is 6.91. The second-order valence-corrected chi connectivity index (χ2v) is 6.91. The Morgan fingerprint density at radius 2 is 1.97 bits per heavy atom. The number of furan rings is 1. The molecule has 0 amide bonds. The monoisotopic (exact) mass is 427 g/mol. The van der Waals surface area contributed by atoms with Crippen molar-refractivity contribution in [1.29, 1.82) is 0 Å². The number of benzene rings is 1. The van der Waals surface area contributed by atoms with Crippen LogP contribution in [-0.4, -0.2) is 30.9 Å². The van der Waals surface area contributed by atoms with E-state index in [0.29, 0.717) is 28.6 Å². The van der Waals surface area contributed by atoms with Gasteiger partial charge in [-0.3, -0.25) is 4.98 Å². The van der Waals surface area contributed by atoms with E-state index in [4.69, 9.17) is 13.7 Å². The molecular weight excluding hydrogens is 410 g/mol. The van der Waals surface area contributed by atoms with Gasteiger partial charge in [-0.15, -0.1) is 0 Å². The quantitative estimate of drug-likeness (QED) is 0.370. The minimum Gasteiger partial charge on any atom is -0.460 e. The first-order valence-corrected chi connectivity index (χ1v) is 9.79. The lowest BCUT2D eigenvalue weighted by atomic mass is 10.2. The van der Waals surface area contributed by atoms with Crippen LogP contribution in [0.15, 0.2) is 82.1 Å². The van der Waals surface area contributed by atoms with Crippen LogP contribution in [0.2, 0.25) is 0 Å². The number of esters is 1. The van der Waals surface area contributed by atoms with E-state index in [1.54, 1.807) is 35.4 Å². The van der Waals surface area contributed by atoms with Gasteiger partial charge in [0.2, 0.25) is 5.82 Å². The van der Waals surface area contributed by atoms with Crippen LogP contribution >= 0.6 is 0 Å². The van der Waals surface area contributed by atoms with Crippen LogP contribution in [0.25, 0.3) is 28.5 Å². The van der Waals surface area contributed by atoms with Crippen LogP contribution in [0, 0.1) is 6.92 Å². The normalized spacial score (nSPS) is 10.9. The molecule has 0 atom stereocenters. The maximum Gasteiger partial charge on any atom is 0.342 e. The van der Waals surface area contributed by atoms with Crippen LogP contribution < -0.4 is 0 Å².